The van der Waals surface area contributed by atoms with Crippen molar-refractivity contribution in [3.8, 4) is 0 Å². The minimum Gasteiger partial charge on any atom is -0.466 e. The molecular weight excluding hydrogens is 498 g/mol. The van der Waals surface area contributed by atoms with E-state index in [2.05, 4.69) is 18.7 Å². The van der Waals surface area contributed by atoms with Crippen molar-refractivity contribution in [3.05, 3.63) is 0 Å². The normalized spacial score (nSPS) is 11.3. The van der Waals surface area contributed by atoms with Crippen molar-refractivity contribution in [3.63, 3.8) is 0 Å². The number of carbonyl (C=O) groups is 2. The Morgan fingerprint density at radius 1 is 0.500 bits per heavy atom. The van der Waals surface area contributed by atoms with Gasteiger partial charge in [0.25, 0.3) is 0 Å². The van der Waals surface area contributed by atoms with Gasteiger partial charge in [0.2, 0.25) is 0 Å². The summed E-state index contributed by atoms with van der Waals surface area (Å²) in [5.41, 5.74) is 0. The second kappa shape index (κ2) is 30.7. The van der Waals surface area contributed by atoms with Crippen LogP contribution in [-0.2, 0) is 19.1 Å². The fourth-order valence-electron chi connectivity index (χ4n) is 4.65. The predicted molar refractivity (Wildman–Crippen MR) is 162 cm³/mol. The number of nitrogens with zero attached hydrogens (tertiary/aromatic N) is 1. The van der Waals surface area contributed by atoms with E-state index in [9.17, 15) is 9.59 Å². The van der Waals surface area contributed by atoms with Crippen molar-refractivity contribution in [2.45, 2.75) is 155 Å². The zero-order valence-corrected chi connectivity index (χ0v) is 26.0. The molecule has 0 saturated carbocycles. The molecule has 0 aromatic rings. The Morgan fingerprint density at radius 3 is 1.26 bits per heavy atom. The minimum atomic E-state index is -0.0467. The molecule has 0 aromatic carbocycles. The Bertz CT molecular complexity index is 476. The topological polar surface area (TPSA) is 55.8 Å². The van der Waals surface area contributed by atoms with Crippen LogP contribution in [0.1, 0.15) is 155 Å². The molecule has 0 spiro atoms. The first kappa shape index (κ1) is 37.2. The van der Waals surface area contributed by atoms with E-state index in [4.69, 9.17) is 21.1 Å². The third-order valence-corrected chi connectivity index (χ3v) is 7.30. The number of halogens is 1. The van der Waals surface area contributed by atoms with Crippen molar-refractivity contribution < 1.29 is 19.1 Å². The highest BCUT2D eigenvalue weighted by molar-refractivity contribution is 6.18. The Hall–Kier alpha value is -0.810. The molecule has 0 radical (unpaired) electrons. The third kappa shape index (κ3) is 28.2. The van der Waals surface area contributed by atoms with Crippen LogP contribution < -0.4 is 0 Å². The van der Waals surface area contributed by atoms with Crippen LogP contribution in [0.2, 0.25) is 0 Å². The highest BCUT2D eigenvalue weighted by Gasteiger charge is 2.07. The molecule has 0 unspecified atom stereocenters. The molecule has 0 atom stereocenters. The van der Waals surface area contributed by atoms with Gasteiger partial charge >= 0.3 is 11.9 Å². The Morgan fingerprint density at radius 2 is 0.868 bits per heavy atom. The molecule has 226 valence electrons. The van der Waals surface area contributed by atoms with Crippen molar-refractivity contribution in [1.82, 2.24) is 4.90 Å². The number of esters is 2. The number of unbranched alkanes of at least 4 members (excludes halogenated alkanes) is 16. The lowest BCUT2D eigenvalue weighted by Crippen LogP contribution is -2.28. The predicted octanol–water partition coefficient (Wildman–Crippen LogP) is 9.24. The monoisotopic (exact) mass is 559 g/mol. The van der Waals surface area contributed by atoms with E-state index in [-0.39, 0.29) is 11.9 Å². The van der Waals surface area contributed by atoms with Crippen molar-refractivity contribution in [2.75, 3.05) is 38.7 Å². The summed E-state index contributed by atoms with van der Waals surface area (Å²) in [6, 6.07) is 0. The number of rotatable bonds is 30. The molecule has 0 aliphatic carbocycles. The van der Waals surface area contributed by atoms with Gasteiger partial charge in [0.15, 0.2) is 0 Å². The Kier molecular flexibility index (Phi) is 30.1. The average Bonchev–Trinajstić information content (AvgIpc) is 2.91. The van der Waals surface area contributed by atoms with Crippen LogP contribution >= 0.6 is 11.6 Å². The number of hydrogen-bond acceptors (Lipinski definition) is 5. The van der Waals surface area contributed by atoms with Gasteiger partial charge in [-0.25, -0.2) is 0 Å². The fraction of sp³-hybridized carbons (Fsp3) is 0.938. The summed E-state index contributed by atoms with van der Waals surface area (Å²) in [5.74, 6) is 0.541. The van der Waals surface area contributed by atoms with Gasteiger partial charge < -0.3 is 14.4 Å². The molecule has 0 saturated heterocycles. The van der Waals surface area contributed by atoms with Crippen LogP contribution in [0, 0.1) is 0 Å². The smallest absolute Gasteiger partial charge is 0.305 e. The molecule has 0 aliphatic rings. The maximum Gasteiger partial charge on any atom is 0.305 e. The summed E-state index contributed by atoms with van der Waals surface area (Å²) in [6.45, 7) is 8.54. The largest absolute Gasteiger partial charge is 0.466 e. The number of ether oxygens (including phenoxy) is 2. The van der Waals surface area contributed by atoms with Gasteiger partial charge in [0.1, 0.15) is 0 Å². The van der Waals surface area contributed by atoms with Crippen LogP contribution in [0.5, 0.6) is 0 Å². The number of alkyl halides is 1. The van der Waals surface area contributed by atoms with Crippen LogP contribution in [0.25, 0.3) is 0 Å². The van der Waals surface area contributed by atoms with E-state index >= 15 is 0 Å². The summed E-state index contributed by atoms with van der Waals surface area (Å²) in [4.78, 5) is 26.2. The zero-order chi connectivity index (χ0) is 27.9. The van der Waals surface area contributed by atoms with Gasteiger partial charge in [-0.05, 0) is 51.6 Å². The van der Waals surface area contributed by atoms with Gasteiger partial charge in [-0.1, -0.05) is 104 Å². The first-order valence-corrected chi connectivity index (χ1v) is 16.8. The first-order valence-electron chi connectivity index (χ1n) is 16.2. The van der Waals surface area contributed by atoms with Gasteiger partial charge in [0, 0.05) is 25.3 Å². The van der Waals surface area contributed by atoms with Crippen LogP contribution in [0.3, 0.4) is 0 Å². The molecule has 0 aliphatic heterocycles. The number of hydrogen-bond donors (Lipinski definition) is 0. The molecule has 0 aromatic heterocycles. The first-order chi connectivity index (χ1) is 18.6. The zero-order valence-electron chi connectivity index (χ0n) is 25.3. The summed E-state index contributed by atoms with van der Waals surface area (Å²) < 4.78 is 10.8. The standard InChI is InChI=1S/C32H62ClNO4/c1-3-5-7-9-11-13-21-29-37-31(35)23-17-15-19-26-34(28-25-33)27-20-16-18-24-32(36)38-30-22-14-12-10-8-6-4-2/h3-30H2,1-2H3. The van der Waals surface area contributed by atoms with E-state index < -0.39 is 0 Å². The lowest BCUT2D eigenvalue weighted by molar-refractivity contribution is -0.144. The summed E-state index contributed by atoms with van der Waals surface area (Å²) in [5, 5.41) is 0. The second-order valence-corrected chi connectivity index (χ2v) is 11.2. The fourth-order valence-corrected chi connectivity index (χ4v) is 4.89. The maximum absolute atomic E-state index is 11.9. The minimum absolute atomic E-state index is 0.0467. The molecule has 0 rings (SSSR count). The molecular formula is C32H62ClNO4. The van der Waals surface area contributed by atoms with E-state index in [1.54, 1.807) is 0 Å². The van der Waals surface area contributed by atoms with Gasteiger partial charge in [0.05, 0.1) is 13.2 Å². The SMILES string of the molecule is CCCCCCCCCOC(=O)CCCCCN(CCCl)CCCCCC(=O)OCCCCCCCCC. The summed E-state index contributed by atoms with van der Waals surface area (Å²) in [7, 11) is 0. The van der Waals surface area contributed by atoms with Crippen LogP contribution in [0.15, 0.2) is 0 Å². The Balaban J connectivity index is 3.61. The van der Waals surface area contributed by atoms with E-state index in [0.29, 0.717) is 31.9 Å². The van der Waals surface area contributed by atoms with Crippen LogP contribution in [0.4, 0.5) is 0 Å². The maximum atomic E-state index is 11.9. The summed E-state index contributed by atoms with van der Waals surface area (Å²) >= 11 is 6.00. The van der Waals surface area contributed by atoms with Gasteiger partial charge in [-0.15, -0.1) is 11.6 Å². The molecule has 0 N–H and O–H groups in total. The number of carbonyl (C=O) groups excluding carboxylic acids is 2. The van der Waals surface area contributed by atoms with Gasteiger partial charge in [-0.2, -0.15) is 0 Å². The van der Waals surface area contributed by atoms with E-state index in [1.807, 2.05) is 0 Å². The molecule has 0 amide bonds. The van der Waals surface area contributed by atoms with Crippen molar-refractivity contribution in [2.24, 2.45) is 0 Å². The molecule has 0 bridgehead atoms. The third-order valence-electron chi connectivity index (χ3n) is 7.13. The quantitative estimate of drug-likeness (QED) is 0.0498. The molecule has 0 heterocycles. The Labute approximate surface area is 241 Å². The van der Waals surface area contributed by atoms with E-state index in [0.717, 1.165) is 83.8 Å². The second-order valence-electron chi connectivity index (χ2n) is 10.8. The molecule has 0 fully saturated rings. The van der Waals surface area contributed by atoms with Crippen LogP contribution in [-0.4, -0.2) is 55.6 Å². The summed E-state index contributed by atoms with van der Waals surface area (Å²) in [6.07, 6.45) is 24.4. The highest BCUT2D eigenvalue weighted by Crippen LogP contribution is 2.10. The lowest BCUT2D eigenvalue weighted by atomic mass is 10.1. The van der Waals surface area contributed by atoms with Gasteiger partial charge in [-0.3, -0.25) is 9.59 Å². The average molecular weight is 560 g/mol. The molecule has 6 heteroatoms. The highest BCUT2D eigenvalue weighted by atomic mass is 35.5. The van der Waals surface area contributed by atoms with Crippen molar-refractivity contribution in [1.29, 1.82) is 0 Å². The van der Waals surface area contributed by atoms with Crippen molar-refractivity contribution >= 4 is 23.5 Å². The van der Waals surface area contributed by atoms with E-state index in [1.165, 1.54) is 64.2 Å². The lowest BCUT2D eigenvalue weighted by Gasteiger charge is -2.21. The molecule has 5 nitrogen and oxygen atoms in total. The molecule has 38 heavy (non-hydrogen) atoms.